The van der Waals surface area contributed by atoms with Gasteiger partial charge in [-0.25, -0.2) is 4.98 Å². The second kappa shape index (κ2) is 9.44. The van der Waals surface area contributed by atoms with Crippen LogP contribution in [0.1, 0.15) is 15.9 Å². The first-order valence-electron chi connectivity index (χ1n) is 8.64. The molecule has 28 heavy (non-hydrogen) atoms. The summed E-state index contributed by atoms with van der Waals surface area (Å²) in [5.41, 5.74) is 2.23. The smallest absolute Gasteiger partial charge is 0.255 e. The van der Waals surface area contributed by atoms with Crippen LogP contribution in [0.3, 0.4) is 0 Å². The van der Waals surface area contributed by atoms with Gasteiger partial charge in [-0.15, -0.1) is 0 Å². The van der Waals surface area contributed by atoms with Gasteiger partial charge in [-0.2, -0.15) is 0 Å². The van der Waals surface area contributed by atoms with Gasteiger partial charge in [0.1, 0.15) is 11.6 Å². The maximum atomic E-state index is 12.3. The Hall–Kier alpha value is -2.76. The van der Waals surface area contributed by atoms with E-state index >= 15 is 0 Å². The van der Waals surface area contributed by atoms with Gasteiger partial charge in [0.25, 0.3) is 5.91 Å². The van der Waals surface area contributed by atoms with E-state index in [0.717, 1.165) is 24.5 Å². The van der Waals surface area contributed by atoms with Gasteiger partial charge < -0.3 is 15.4 Å². The first kappa shape index (κ1) is 20.0. The van der Waals surface area contributed by atoms with Crippen LogP contribution in [0.5, 0.6) is 5.75 Å². The van der Waals surface area contributed by atoms with E-state index in [1.165, 1.54) is 11.6 Å². The molecule has 0 saturated carbocycles. The van der Waals surface area contributed by atoms with Crippen LogP contribution in [-0.2, 0) is 6.42 Å². The number of nitrogens with zero attached hydrogens (tertiary/aromatic N) is 1. The van der Waals surface area contributed by atoms with Crippen molar-refractivity contribution in [2.24, 2.45) is 0 Å². The lowest BCUT2D eigenvalue weighted by atomic mass is 10.1. The fraction of sp³-hybridized carbons (Fsp3) is 0.143. The molecule has 144 valence electrons. The SMILES string of the molecule is COc1ccc(CCNc2ccc(NC(=O)c3ccc(Cl)c(Cl)c3)cn2)cc1. The van der Waals surface area contributed by atoms with Crippen LogP contribution in [0, 0.1) is 0 Å². The Morgan fingerprint density at radius 3 is 2.46 bits per heavy atom. The average Bonchev–Trinajstić information content (AvgIpc) is 2.72. The first-order valence-corrected chi connectivity index (χ1v) is 9.40. The summed E-state index contributed by atoms with van der Waals surface area (Å²) in [5, 5.41) is 6.79. The summed E-state index contributed by atoms with van der Waals surface area (Å²) >= 11 is 11.8. The number of nitrogens with one attached hydrogen (secondary N) is 2. The van der Waals surface area contributed by atoms with Gasteiger partial charge in [-0.05, 0) is 54.4 Å². The highest BCUT2D eigenvalue weighted by atomic mass is 35.5. The predicted octanol–water partition coefficient (Wildman–Crippen LogP) is 5.30. The lowest BCUT2D eigenvalue weighted by molar-refractivity contribution is 0.102. The Morgan fingerprint density at radius 1 is 1.04 bits per heavy atom. The molecule has 0 aliphatic rings. The van der Waals surface area contributed by atoms with E-state index < -0.39 is 0 Å². The minimum Gasteiger partial charge on any atom is -0.497 e. The second-order valence-electron chi connectivity index (χ2n) is 6.04. The van der Waals surface area contributed by atoms with Crippen molar-refractivity contribution >= 4 is 40.6 Å². The summed E-state index contributed by atoms with van der Waals surface area (Å²) in [6.45, 7) is 0.744. The number of aromatic nitrogens is 1. The molecule has 0 aliphatic carbocycles. The average molecular weight is 416 g/mol. The highest BCUT2D eigenvalue weighted by Crippen LogP contribution is 2.23. The Labute approximate surface area is 173 Å². The Balaban J connectivity index is 1.51. The molecule has 2 N–H and O–H groups in total. The van der Waals surface area contributed by atoms with Gasteiger partial charge in [0.15, 0.2) is 0 Å². The van der Waals surface area contributed by atoms with Gasteiger partial charge in [0, 0.05) is 12.1 Å². The van der Waals surface area contributed by atoms with E-state index in [2.05, 4.69) is 15.6 Å². The highest BCUT2D eigenvalue weighted by molar-refractivity contribution is 6.42. The molecule has 0 fully saturated rings. The number of pyridine rings is 1. The van der Waals surface area contributed by atoms with E-state index in [9.17, 15) is 4.79 Å². The van der Waals surface area contributed by atoms with E-state index in [-0.39, 0.29) is 5.91 Å². The topological polar surface area (TPSA) is 63.2 Å². The molecule has 0 unspecified atom stereocenters. The molecule has 0 saturated heterocycles. The van der Waals surface area contributed by atoms with E-state index in [1.807, 2.05) is 30.3 Å². The van der Waals surface area contributed by atoms with Crippen molar-refractivity contribution in [1.29, 1.82) is 0 Å². The quantitative estimate of drug-likeness (QED) is 0.549. The molecule has 1 heterocycles. The van der Waals surface area contributed by atoms with Crippen LogP contribution in [0.25, 0.3) is 0 Å². The molecule has 1 aromatic heterocycles. The van der Waals surface area contributed by atoms with Gasteiger partial charge >= 0.3 is 0 Å². The third-order valence-electron chi connectivity index (χ3n) is 4.08. The Bertz CT molecular complexity index is 945. The molecule has 0 atom stereocenters. The number of hydrogen-bond donors (Lipinski definition) is 2. The Morgan fingerprint density at radius 2 is 1.82 bits per heavy atom. The number of halogens is 2. The van der Waals surface area contributed by atoms with Crippen molar-refractivity contribution in [1.82, 2.24) is 4.98 Å². The first-order chi connectivity index (χ1) is 13.5. The maximum Gasteiger partial charge on any atom is 0.255 e. The molecule has 0 spiro atoms. The summed E-state index contributed by atoms with van der Waals surface area (Å²) in [6, 6.07) is 16.3. The lowest BCUT2D eigenvalue weighted by Gasteiger charge is -2.09. The van der Waals surface area contributed by atoms with Gasteiger partial charge in [0.2, 0.25) is 0 Å². The largest absolute Gasteiger partial charge is 0.497 e. The van der Waals surface area contributed by atoms with Crippen LogP contribution in [0.4, 0.5) is 11.5 Å². The van der Waals surface area contributed by atoms with Gasteiger partial charge in [-0.1, -0.05) is 35.3 Å². The maximum absolute atomic E-state index is 12.3. The third-order valence-corrected chi connectivity index (χ3v) is 4.82. The summed E-state index contributed by atoms with van der Waals surface area (Å²) < 4.78 is 5.15. The summed E-state index contributed by atoms with van der Waals surface area (Å²) in [4.78, 5) is 16.6. The standard InChI is InChI=1S/C21H19Cl2N3O2/c1-28-17-6-2-14(3-7-17)10-11-24-20-9-5-16(13-25-20)26-21(27)15-4-8-18(22)19(23)12-15/h2-9,12-13H,10-11H2,1H3,(H,24,25)(H,26,27). The number of rotatable bonds is 7. The fourth-order valence-corrected chi connectivity index (χ4v) is 2.84. The molecule has 0 radical (unpaired) electrons. The highest BCUT2D eigenvalue weighted by Gasteiger charge is 2.09. The van der Waals surface area contributed by atoms with Crippen molar-refractivity contribution in [2.75, 3.05) is 24.3 Å². The molecular formula is C21H19Cl2N3O2. The number of methoxy groups -OCH3 is 1. The number of benzene rings is 2. The minimum atomic E-state index is -0.277. The minimum absolute atomic E-state index is 0.277. The molecule has 3 aromatic rings. The monoisotopic (exact) mass is 415 g/mol. The lowest BCUT2D eigenvalue weighted by Crippen LogP contribution is -2.12. The van der Waals surface area contributed by atoms with E-state index in [4.69, 9.17) is 27.9 Å². The predicted molar refractivity (Wildman–Crippen MR) is 114 cm³/mol. The number of carbonyl (C=O) groups excluding carboxylic acids is 1. The van der Waals surface area contributed by atoms with E-state index in [1.54, 1.807) is 31.5 Å². The van der Waals surface area contributed by atoms with Crippen LogP contribution >= 0.6 is 23.2 Å². The van der Waals surface area contributed by atoms with E-state index in [0.29, 0.717) is 21.3 Å². The van der Waals surface area contributed by atoms with Crippen LogP contribution in [0.2, 0.25) is 10.0 Å². The molecule has 0 bridgehead atoms. The zero-order valence-electron chi connectivity index (χ0n) is 15.2. The normalized spacial score (nSPS) is 10.4. The molecule has 3 rings (SSSR count). The molecule has 2 aromatic carbocycles. The van der Waals surface area contributed by atoms with Crippen molar-refractivity contribution in [3.63, 3.8) is 0 Å². The molecule has 7 heteroatoms. The van der Waals surface area contributed by atoms with Crippen LogP contribution < -0.4 is 15.4 Å². The van der Waals surface area contributed by atoms with Crippen molar-refractivity contribution in [2.45, 2.75) is 6.42 Å². The van der Waals surface area contributed by atoms with Crippen LogP contribution in [-0.4, -0.2) is 24.5 Å². The summed E-state index contributed by atoms with van der Waals surface area (Å²) in [7, 11) is 1.65. The molecule has 1 amide bonds. The van der Waals surface area contributed by atoms with Crippen molar-refractivity contribution < 1.29 is 9.53 Å². The Kier molecular flexibility index (Phi) is 6.74. The van der Waals surface area contributed by atoms with Crippen molar-refractivity contribution in [3.8, 4) is 5.75 Å². The number of anilines is 2. The fourth-order valence-electron chi connectivity index (χ4n) is 2.54. The van der Waals surface area contributed by atoms with Crippen LogP contribution in [0.15, 0.2) is 60.8 Å². The summed E-state index contributed by atoms with van der Waals surface area (Å²) in [5.74, 6) is 1.30. The number of ether oxygens (including phenoxy) is 1. The van der Waals surface area contributed by atoms with Crippen molar-refractivity contribution in [3.05, 3.63) is 82.0 Å². The van der Waals surface area contributed by atoms with Gasteiger partial charge in [-0.3, -0.25) is 4.79 Å². The second-order valence-corrected chi connectivity index (χ2v) is 6.85. The van der Waals surface area contributed by atoms with Gasteiger partial charge in [0.05, 0.1) is 29.0 Å². The zero-order chi connectivity index (χ0) is 19.9. The molecular weight excluding hydrogens is 397 g/mol. The zero-order valence-corrected chi connectivity index (χ0v) is 16.7. The molecule has 5 nitrogen and oxygen atoms in total. The number of hydrogen-bond acceptors (Lipinski definition) is 4. The number of amides is 1. The summed E-state index contributed by atoms with van der Waals surface area (Å²) in [6.07, 6.45) is 2.46. The molecule has 0 aliphatic heterocycles. The number of carbonyl (C=O) groups is 1. The third kappa shape index (κ3) is 5.38.